The third kappa shape index (κ3) is 3.57. The summed E-state index contributed by atoms with van der Waals surface area (Å²) in [6.07, 6.45) is 12.4. The number of rotatable bonds is 4. The van der Waals surface area contributed by atoms with Crippen molar-refractivity contribution in [2.75, 3.05) is 0 Å². The average Bonchev–Trinajstić information content (AvgIpc) is 3.16. The number of fused-ring (bicyclic) bond motifs is 5. The molecule has 0 bridgehead atoms. The fourth-order valence-corrected chi connectivity index (χ4v) is 10.0. The van der Waals surface area contributed by atoms with Crippen molar-refractivity contribution in [1.29, 1.82) is 0 Å². The van der Waals surface area contributed by atoms with Gasteiger partial charge in [-0.05, 0) is 86.7 Å². The number of allylic oxidation sites excluding steroid dienone is 2. The number of hydrogen-bond acceptors (Lipinski definition) is 4. The van der Waals surface area contributed by atoms with Crippen molar-refractivity contribution in [3.63, 3.8) is 0 Å². The molecule has 0 amide bonds. The second-order valence-electron chi connectivity index (χ2n) is 12.1. The molecule has 0 spiro atoms. The molecule has 4 aliphatic rings. The summed E-state index contributed by atoms with van der Waals surface area (Å²) in [5.41, 5.74) is 1.09. The van der Waals surface area contributed by atoms with E-state index in [1.165, 1.54) is 5.57 Å². The summed E-state index contributed by atoms with van der Waals surface area (Å²) in [7, 11) is -3.80. The molecule has 0 aliphatic heterocycles. The standard InChI is InChI=1S/C29H40O4S/c1-18-5-8-22(9-6-18)34(32,33)27(31)19(2)24-11-12-25-23-10-7-20-17-21(30)13-15-28(20,3)26(23)14-16-29(24,25)4/h5-9,13,15,19,21,23-27,30-31H,10-12,14,16-17H2,1-4H3/t19-,21?,23-,24+,25-,26-,27?,28-,29+/m0/s1. The van der Waals surface area contributed by atoms with Gasteiger partial charge in [0.15, 0.2) is 5.44 Å². The molecule has 1 aromatic rings. The van der Waals surface area contributed by atoms with Crippen LogP contribution in [0.4, 0.5) is 0 Å². The van der Waals surface area contributed by atoms with E-state index < -0.39 is 15.3 Å². The van der Waals surface area contributed by atoms with Crippen LogP contribution in [0, 0.1) is 47.3 Å². The molecule has 0 heterocycles. The summed E-state index contributed by atoms with van der Waals surface area (Å²) in [4.78, 5) is 0.213. The molecule has 34 heavy (non-hydrogen) atoms. The van der Waals surface area contributed by atoms with Crippen LogP contribution in [0.25, 0.3) is 0 Å². The van der Waals surface area contributed by atoms with Gasteiger partial charge < -0.3 is 10.2 Å². The Bertz CT molecular complexity index is 1100. The molecule has 2 saturated carbocycles. The molecule has 1 aromatic carbocycles. The van der Waals surface area contributed by atoms with E-state index in [2.05, 4.69) is 26.0 Å². The first-order valence-corrected chi connectivity index (χ1v) is 14.6. The topological polar surface area (TPSA) is 74.6 Å². The van der Waals surface area contributed by atoms with Crippen LogP contribution >= 0.6 is 0 Å². The fraction of sp³-hybridized carbons (Fsp3) is 0.655. The Kier molecular flexibility index (Phi) is 5.94. The molecule has 4 aliphatic carbocycles. The maximum absolute atomic E-state index is 13.3. The van der Waals surface area contributed by atoms with Gasteiger partial charge in [0.2, 0.25) is 9.84 Å². The SMILES string of the molecule is Cc1ccc(S(=O)(=O)C(O)[C@@H](C)[C@H]2CC[C@H]3[C@@H]4CC=C5CC(O)C=C[C@]5(C)[C@H]4CC[C@]23C)cc1. The van der Waals surface area contributed by atoms with Crippen LogP contribution in [0.1, 0.15) is 64.9 Å². The molecule has 0 aromatic heterocycles. The van der Waals surface area contributed by atoms with Crippen molar-refractivity contribution in [2.24, 2.45) is 40.4 Å². The minimum Gasteiger partial charge on any atom is -0.389 e. The van der Waals surface area contributed by atoms with E-state index in [0.717, 1.165) is 44.1 Å². The van der Waals surface area contributed by atoms with Crippen LogP contribution in [0.2, 0.25) is 0 Å². The highest BCUT2D eigenvalue weighted by molar-refractivity contribution is 7.91. The van der Waals surface area contributed by atoms with E-state index in [-0.39, 0.29) is 33.7 Å². The molecule has 5 rings (SSSR count). The van der Waals surface area contributed by atoms with Gasteiger partial charge in [-0.1, -0.05) is 62.3 Å². The van der Waals surface area contributed by atoms with E-state index in [0.29, 0.717) is 17.8 Å². The lowest BCUT2D eigenvalue weighted by Gasteiger charge is -2.57. The molecule has 2 fully saturated rings. The van der Waals surface area contributed by atoms with Crippen LogP contribution in [0.5, 0.6) is 0 Å². The molecular weight excluding hydrogens is 444 g/mol. The van der Waals surface area contributed by atoms with Crippen molar-refractivity contribution < 1.29 is 18.6 Å². The van der Waals surface area contributed by atoms with Gasteiger partial charge in [0.1, 0.15) is 0 Å². The Labute approximate surface area is 205 Å². The predicted molar refractivity (Wildman–Crippen MR) is 135 cm³/mol. The number of benzene rings is 1. The Morgan fingerprint density at radius 2 is 1.76 bits per heavy atom. The highest BCUT2D eigenvalue weighted by atomic mass is 32.2. The molecular formula is C29H40O4S. The van der Waals surface area contributed by atoms with E-state index in [9.17, 15) is 18.6 Å². The first-order chi connectivity index (χ1) is 16.0. The maximum Gasteiger partial charge on any atom is 0.205 e. The van der Waals surface area contributed by atoms with Gasteiger partial charge in [-0.2, -0.15) is 0 Å². The second kappa shape index (κ2) is 8.31. The lowest BCUT2D eigenvalue weighted by atomic mass is 9.48. The number of aliphatic hydroxyl groups is 2. The zero-order valence-corrected chi connectivity index (χ0v) is 21.8. The van der Waals surface area contributed by atoms with Crippen LogP contribution in [-0.4, -0.2) is 30.2 Å². The number of hydrogen-bond donors (Lipinski definition) is 2. The van der Waals surface area contributed by atoms with Gasteiger partial charge >= 0.3 is 0 Å². The largest absolute Gasteiger partial charge is 0.389 e. The second-order valence-corrected chi connectivity index (χ2v) is 14.1. The lowest BCUT2D eigenvalue weighted by Crippen LogP contribution is -2.50. The summed E-state index contributed by atoms with van der Waals surface area (Å²) in [5, 5.41) is 21.3. The molecule has 5 heteroatoms. The smallest absolute Gasteiger partial charge is 0.205 e. The van der Waals surface area contributed by atoms with Gasteiger partial charge in [0.25, 0.3) is 0 Å². The highest BCUT2D eigenvalue weighted by Gasteiger charge is 2.59. The van der Waals surface area contributed by atoms with Crippen molar-refractivity contribution in [3.8, 4) is 0 Å². The van der Waals surface area contributed by atoms with Crippen LogP contribution < -0.4 is 0 Å². The van der Waals surface area contributed by atoms with E-state index in [4.69, 9.17) is 0 Å². The van der Waals surface area contributed by atoms with Crippen molar-refractivity contribution >= 4 is 9.84 Å². The van der Waals surface area contributed by atoms with Crippen LogP contribution in [0.3, 0.4) is 0 Å². The fourth-order valence-electron chi connectivity index (χ4n) is 8.49. The number of sulfone groups is 1. The first kappa shape index (κ1) is 24.3. The summed E-state index contributed by atoms with van der Waals surface area (Å²) in [5.74, 6) is 1.58. The number of aliphatic hydroxyl groups excluding tert-OH is 2. The zero-order chi connectivity index (χ0) is 24.5. The zero-order valence-electron chi connectivity index (χ0n) is 20.9. The number of aryl methyl sites for hydroxylation is 1. The van der Waals surface area contributed by atoms with Crippen LogP contribution in [-0.2, 0) is 9.84 Å². The monoisotopic (exact) mass is 484 g/mol. The predicted octanol–water partition coefficient (Wildman–Crippen LogP) is 5.44. The lowest BCUT2D eigenvalue weighted by molar-refractivity contribution is -0.0428. The average molecular weight is 485 g/mol. The Morgan fingerprint density at radius 3 is 2.47 bits per heavy atom. The van der Waals surface area contributed by atoms with Gasteiger partial charge in [-0.15, -0.1) is 0 Å². The van der Waals surface area contributed by atoms with Crippen molar-refractivity contribution in [1.82, 2.24) is 0 Å². The molecule has 2 N–H and O–H groups in total. The third-order valence-corrected chi connectivity index (χ3v) is 12.4. The van der Waals surface area contributed by atoms with Gasteiger partial charge in [0, 0.05) is 11.3 Å². The quantitative estimate of drug-likeness (QED) is 0.558. The normalized spacial score (nSPS) is 41.1. The summed E-state index contributed by atoms with van der Waals surface area (Å²) in [6.45, 7) is 8.61. The Morgan fingerprint density at radius 1 is 1.06 bits per heavy atom. The third-order valence-electron chi connectivity index (χ3n) is 10.5. The van der Waals surface area contributed by atoms with E-state index >= 15 is 0 Å². The maximum atomic E-state index is 13.3. The molecule has 186 valence electrons. The Balaban J connectivity index is 1.39. The summed E-state index contributed by atoms with van der Waals surface area (Å²) < 4.78 is 26.5. The minimum atomic E-state index is -3.80. The molecule has 9 atom stereocenters. The minimum absolute atomic E-state index is 0.0292. The highest BCUT2D eigenvalue weighted by Crippen LogP contribution is 2.66. The molecule has 0 saturated heterocycles. The molecule has 4 nitrogen and oxygen atoms in total. The summed E-state index contributed by atoms with van der Waals surface area (Å²) >= 11 is 0. The molecule has 0 radical (unpaired) electrons. The first-order valence-electron chi connectivity index (χ1n) is 13.0. The Hall–Kier alpha value is -1.43. The van der Waals surface area contributed by atoms with Crippen molar-refractivity contribution in [3.05, 3.63) is 53.6 Å². The van der Waals surface area contributed by atoms with Crippen molar-refractivity contribution in [2.45, 2.75) is 82.7 Å². The van der Waals surface area contributed by atoms with E-state index in [1.807, 2.05) is 19.9 Å². The van der Waals surface area contributed by atoms with Gasteiger partial charge in [0.05, 0.1) is 11.0 Å². The van der Waals surface area contributed by atoms with Gasteiger partial charge in [-0.3, -0.25) is 0 Å². The van der Waals surface area contributed by atoms with E-state index in [1.54, 1.807) is 24.3 Å². The summed E-state index contributed by atoms with van der Waals surface area (Å²) in [6, 6.07) is 6.82. The van der Waals surface area contributed by atoms with Gasteiger partial charge in [-0.25, -0.2) is 8.42 Å². The molecule has 2 unspecified atom stereocenters. The van der Waals surface area contributed by atoms with Crippen LogP contribution in [0.15, 0.2) is 53.0 Å².